The highest BCUT2D eigenvalue weighted by Gasteiger charge is 2.34. The van der Waals surface area contributed by atoms with Crippen LogP contribution >= 0.6 is 11.8 Å². The molecule has 1 fully saturated rings. The minimum Gasteiger partial charge on any atom is -0.497 e. The van der Waals surface area contributed by atoms with Gasteiger partial charge in [-0.3, -0.25) is 14.5 Å². The van der Waals surface area contributed by atoms with Gasteiger partial charge in [0, 0.05) is 17.8 Å². The van der Waals surface area contributed by atoms with Gasteiger partial charge in [-0.25, -0.2) is 0 Å². The molecular formula is C25H32N2O3S. The van der Waals surface area contributed by atoms with E-state index in [9.17, 15) is 9.59 Å². The van der Waals surface area contributed by atoms with Crippen molar-refractivity contribution in [1.82, 2.24) is 0 Å². The molecule has 1 atom stereocenters. The van der Waals surface area contributed by atoms with Gasteiger partial charge in [-0.2, -0.15) is 0 Å². The molecule has 1 saturated heterocycles. The fraction of sp³-hybridized carbons (Fsp3) is 0.440. The highest BCUT2D eigenvalue weighted by Crippen LogP contribution is 2.42. The average Bonchev–Trinajstić information content (AvgIpc) is 3.18. The van der Waals surface area contributed by atoms with Crippen LogP contribution in [0.25, 0.3) is 0 Å². The number of nitrogens with zero attached hydrogens (tertiary/aromatic N) is 1. The van der Waals surface area contributed by atoms with E-state index in [4.69, 9.17) is 4.74 Å². The maximum absolute atomic E-state index is 12.6. The van der Waals surface area contributed by atoms with Crippen LogP contribution in [0.3, 0.4) is 0 Å². The lowest BCUT2D eigenvalue weighted by Crippen LogP contribution is -2.27. The summed E-state index contributed by atoms with van der Waals surface area (Å²) in [4.78, 5) is 26.8. The minimum atomic E-state index is -0.115. The molecule has 6 heteroatoms. The second-order valence-electron chi connectivity index (χ2n) is 7.82. The first-order valence-corrected chi connectivity index (χ1v) is 12.1. The number of hydrogen-bond donors (Lipinski definition) is 1. The number of methoxy groups -OCH3 is 1. The normalized spacial score (nSPS) is 15.9. The van der Waals surface area contributed by atoms with E-state index in [1.807, 2.05) is 53.4 Å². The highest BCUT2D eigenvalue weighted by atomic mass is 32.2. The first-order chi connectivity index (χ1) is 15.1. The average molecular weight is 441 g/mol. The zero-order valence-electron chi connectivity index (χ0n) is 18.4. The lowest BCUT2D eigenvalue weighted by Gasteiger charge is -2.25. The molecular weight excluding hydrogens is 408 g/mol. The molecule has 0 aromatic heterocycles. The van der Waals surface area contributed by atoms with E-state index in [-0.39, 0.29) is 17.2 Å². The van der Waals surface area contributed by atoms with E-state index in [1.165, 1.54) is 25.7 Å². The third kappa shape index (κ3) is 6.50. The fourth-order valence-corrected chi connectivity index (χ4v) is 4.92. The van der Waals surface area contributed by atoms with Crippen LogP contribution < -0.4 is 15.0 Å². The van der Waals surface area contributed by atoms with Crippen LogP contribution in [0.15, 0.2) is 48.5 Å². The Kier molecular flexibility index (Phi) is 8.83. The number of unbranched alkanes of at least 4 members (excludes halogenated alkanes) is 5. The van der Waals surface area contributed by atoms with Crippen molar-refractivity contribution >= 4 is 35.0 Å². The van der Waals surface area contributed by atoms with Crippen LogP contribution in [-0.4, -0.2) is 24.7 Å². The number of hydrogen-bond acceptors (Lipinski definition) is 4. The zero-order valence-corrected chi connectivity index (χ0v) is 19.2. The third-order valence-electron chi connectivity index (χ3n) is 5.43. The van der Waals surface area contributed by atoms with Crippen LogP contribution in [0.2, 0.25) is 0 Å². The predicted molar refractivity (Wildman–Crippen MR) is 129 cm³/mol. The number of carbonyl (C=O) groups excluding carboxylic acids is 2. The zero-order chi connectivity index (χ0) is 22.1. The molecule has 2 aromatic rings. The molecule has 31 heavy (non-hydrogen) atoms. The second kappa shape index (κ2) is 11.8. The molecule has 0 unspecified atom stereocenters. The Labute approximate surface area is 189 Å². The van der Waals surface area contributed by atoms with Crippen molar-refractivity contribution < 1.29 is 14.3 Å². The van der Waals surface area contributed by atoms with Crippen molar-refractivity contribution in [2.24, 2.45) is 0 Å². The Morgan fingerprint density at radius 1 is 1.10 bits per heavy atom. The third-order valence-corrected chi connectivity index (χ3v) is 6.64. The van der Waals surface area contributed by atoms with Gasteiger partial charge in [0.25, 0.3) is 0 Å². The van der Waals surface area contributed by atoms with Crippen LogP contribution in [0.1, 0.15) is 62.8 Å². The van der Waals surface area contributed by atoms with Crippen LogP contribution in [0.5, 0.6) is 5.75 Å². The summed E-state index contributed by atoms with van der Waals surface area (Å²) in [5.41, 5.74) is 2.63. The van der Waals surface area contributed by atoms with Gasteiger partial charge in [0.1, 0.15) is 11.1 Å². The Morgan fingerprint density at radius 3 is 2.58 bits per heavy atom. The lowest BCUT2D eigenvalue weighted by atomic mass is 10.1. The van der Waals surface area contributed by atoms with Gasteiger partial charge in [-0.05, 0) is 48.4 Å². The molecule has 1 heterocycles. The van der Waals surface area contributed by atoms with Crippen molar-refractivity contribution in [3.05, 3.63) is 54.1 Å². The maximum Gasteiger partial charge on any atom is 0.238 e. The summed E-state index contributed by atoms with van der Waals surface area (Å²) in [5, 5.41) is 2.91. The van der Waals surface area contributed by atoms with Crippen molar-refractivity contribution in [2.75, 3.05) is 23.1 Å². The summed E-state index contributed by atoms with van der Waals surface area (Å²) in [6, 6.07) is 15.4. The molecule has 0 aliphatic carbocycles. The van der Waals surface area contributed by atoms with E-state index >= 15 is 0 Å². The van der Waals surface area contributed by atoms with Gasteiger partial charge in [0.05, 0.1) is 12.9 Å². The van der Waals surface area contributed by atoms with E-state index in [2.05, 4.69) is 12.2 Å². The quantitative estimate of drug-likeness (QED) is 0.425. The second-order valence-corrected chi connectivity index (χ2v) is 8.89. The Hall–Kier alpha value is -2.47. The van der Waals surface area contributed by atoms with E-state index < -0.39 is 0 Å². The molecule has 2 aromatic carbocycles. The summed E-state index contributed by atoms with van der Waals surface area (Å²) in [7, 11) is 1.63. The number of benzene rings is 2. The number of carbonyl (C=O) groups is 2. The van der Waals surface area contributed by atoms with Gasteiger partial charge >= 0.3 is 0 Å². The largest absolute Gasteiger partial charge is 0.497 e. The molecule has 166 valence electrons. The van der Waals surface area contributed by atoms with Gasteiger partial charge < -0.3 is 10.1 Å². The molecule has 0 radical (unpaired) electrons. The Morgan fingerprint density at radius 2 is 1.84 bits per heavy atom. The summed E-state index contributed by atoms with van der Waals surface area (Å²) < 4.78 is 5.23. The number of anilines is 2. The van der Waals surface area contributed by atoms with Gasteiger partial charge in [0.15, 0.2) is 0 Å². The molecule has 0 bridgehead atoms. The molecule has 0 spiro atoms. The molecule has 0 saturated carbocycles. The molecule has 1 aliphatic heterocycles. The standard InChI is InChI=1S/C25H32N2O3S/c1-3-4-5-6-7-8-12-23(28)26-20-11-9-10-19(17-20)25-27(24(29)18-31-25)21-13-15-22(30-2)16-14-21/h9-11,13-17,25H,3-8,12,18H2,1-2H3,(H,26,28)/t25-/m0/s1. The van der Waals surface area contributed by atoms with Crippen molar-refractivity contribution in [2.45, 2.75) is 57.2 Å². The summed E-state index contributed by atoms with van der Waals surface area (Å²) in [6.45, 7) is 2.21. The predicted octanol–water partition coefficient (Wildman–Crippen LogP) is 6.16. The topological polar surface area (TPSA) is 58.6 Å². The van der Waals surface area contributed by atoms with E-state index in [0.29, 0.717) is 12.2 Å². The first kappa shape index (κ1) is 23.2. The molecule has 5 nitrogen and oxygen atoms in total. The van der Waals surface area contributed by atoms with Crippen molar-refractivity contribution in [1.29, 1.82) is 0 Å². The number of amides is 2. The Balaban J connectivity index is 1.61. The number of nitrogens with one attached hydrogen (secondary N) is 1. The Bertz CT molecular complexity index is 869. The first-order valence-electron chi connectivity index (χ1n) is 11.1. The van der Waals surface area contributed by atoms with Gasteiger partial charge in [-0.1, -0.05) is 51.2 Å². The van der Waals surface area contributed by atoms with Crippen molar-refractivity contribution in [3.63, 3.8) is 0 Å². The smallest absolute Gasteiger partial charge is 0.238 e. The van der Waals surface area contributed by atoms with E-state index in [0.717, 1.165) is 35.5 Å². The monoisotopic (exact) mass is 440 g/mol. The van der Waals surface area contributed by atoms with Crippen LogP contribution in [-0.2, 0) is 9.59 Å². The highest BCUT2D eigenvalue weighted by molar-refractivity contribution is 8.00. The molecule has 1 N–H and O–H groups in total. The number of ether oxygens (including phenoxy) is 1. The van der Waals surface area contributed by atoms with Gasteiger partial charge in [-0.15, -0.1) is 11.8 Å². The summed E-state index contributed by atoms with van der Waals surface area (Å²) >= 11 is 1.60. The lowest BCUT2D eigenvalue weighted by molar-refractivity contribution is -0.117. The minimum absolute atomic E-state index is 0.0507. The van der Waals surface area contributed by atoms with Crippen molar-refractivity contribution in [3.8, 4) is 5.75 Å². The maximum atomic E-state index is 12.6. The van der Waals surface area contributed by atoms with Gasteiger partial charge in [0.2, 0.25) is 11.8 Å². The number of thioether (sulfide) groups is 1. The molecule has 3 rings (SSSR count). The summed E-state index contributed by atoms with van der Waals surface area (Å²) in [6.07, 6.45) is 7.53. The van der Waals surface area contributed by atoms with Crippen LogP contribution in [0, 0.1) is 0 Å². The van der Waals surface area contributed by atoms with E-state index in [1.54, 1.807) is 18.9 Å². The number of rotatable bonds is 11. The van der Waals surface area contributed by atoms with Crippen LogP contribution in [0.4, 0.5) is 11.4 Å². The summed E-state index contributed by atoms with van der Waals surface area (Å²) in [5.74, 6) is 1.33. The fourth-order valence-electron chi connectivity index (χ4n) is 3.75. The SMILES string of the molecule is CCCCCCCCC(=O)Nc1cccc([C@@H]2SCC(=O)N2c2ccc(OC)cc2)c1. The molecule has 2 amide bonds. The molecule has 1 aliphatic rings.